The molecule has 1 atom stereocenters. The minimum atomic E-state index is -0.0475. The number of aryl methyl sites for hydroxylation is 1. The lowest BCUT2D eigenvalue weighted by Gasteiger charge is -2.37. The fourth-order valence-electron chi connectivity index (χ4n) is 2.93. The molecule has 3 rings (SSSR count). The Bertz CT molecular complexity index is 685. The molecule has 5 nitrogen and oxygen atoms in total. The SMILES string of the molecule is COc1ccccc1C1CNCCN1C(=O)c1ccc(C)nc1. The van der Waals surface area contributed by atoms with Crippen LogP contribution in [0.25, 0.3) is 0 Å². The Labute approximate surface area is 136 Å². The van der Waals surface area contributed by atoms with Crippen molar-refractivity contribution in [3.63, 3.8) is 0 Å². The predicted molar refractivity (Wildman–Crippen MR) is 88.6 cm³/mol. The maximum Gasteiger partial charge on any atom is 0.256 e. The number of aromatic nitrogens is 1. The summed E-state index contributed by atoms with van der Waals surface area (Å²) in [4.78, 5) is 19.1. The molecule has 0 aliphatic carbocycles. The number of piperazine rings is 1. The van der Waals surface area contributed by atoms with Crippen LogP contribution in [0.1, 0.15) is 27.7 Å². The number of rotatable bonds is 3. The van der Waals surface area contributed by atoms with Crippen LogP contribution >= 0.6 is 0 Å². The van der Waals surface area contributed by atoms with Crippen molar-refractivity contribution in [2.45, 2.75) is 13.0 Å². The van der Waals surface area contributed by atoms with Crippen molar-refractivity contribution in [3.05, 3.63) is 59.4 Å². The lowest BCUT2D eigenvalue weighted by molar-refractivity contribution is 0.0631. The van der Waals surface area contributed by atoms with Gasteiger partial charge in [-0.2, -0.15) is 0 Å². The highest BCUT2D eigenvalue weighted by molar-refractivity contribution is 5.94. The van der Waals surface area contributed by atoms with Crippen molar-refractivity contribution in [2.75, 3.05) is 26.7 Å². The second-order valence-electron chi connectivity index (χ2n) is 5.65. The van der Waals surface area contributed by atoms with E-state index in [9.17, 15) is 4.79 Å². The molecule has 1 saturated heterocycles. The van der Waals surface area contributed by atoms with Gasteiger partial charge in [0.25, 0.3) is 5.91 Å². The number of pyridine rings is 1. The summed E-state index contributed by atoms with van der Waals surface area (Å²) in [7, 11) is 1.66. The number of para-hydroxylation sites is 1. The van der Waals surface area contributed by atoms with Gasteiger partial charge in [0.1, 0.15) is 5.75 Å². The van der Waals surface area contributed by atoms with E-state index >= 15 is 0 Å². The van der Waals surface area contributed by atoms with Gasteiger partial charge in [0.15, 0.2) is 0 Å². The fraction of sp³-hybridized carbons (Fsp3) is 0.333. The zero-order chi connectivity index (χ0) is 16.2. The highest BCUT2D eigenvalue weighted by atomic mass is 16.5. The number of nitrogens with zero attached hydrogens (tertiary/aromatic N) is 2. The molecule has 1 N–H and O–H groups in total. The van der Waals surface area contributed by atoms with Crippen molar-refractivity contribution >= 4 is 5.91 Å². The van der Waals surface area contributed by atoms with Crippen molar-refractivity contribution in [3.8, 4) is 5.75 Å². The highest BCUT2D eigenvalue weighted by Gasteiger charge is 2.30. The van der Waals surface area contributed by atoms with Crippen molar-refractivity contribution in [1.29, 1.82) is 0 Å². The molecule has 2 heterocycles. The third kappa shape index (κ3) is 3.19. The summed E-state index contributed by atoms with van der Waals surface area (Å²) >= 11 is 0. The lowest BCUT2D eigenvalue weighted by Crippen LogP contribution is -2.48. The smallest absolute Gasteiger partial charge is 0.256 e. The van der Waals surface area contributed by atoms with Gasteiger partial charge in [0.2, 0.25) is 0 Å². The van der Waals surface area contributed by atoms with E-state index in [0.29, 0.717) is 18.7 Å². The van der Waals surface area contributed by atoms with Gasteiger partial charge in [-0.15, -0.1) is 0 Å². The maximum atomic E-state index is 12.9. The molecular formula is C18H21N3O2. The first kappa shape index (κ1) is 15.5. The molecule has 2 aromatic rings. The minimum Gasteiger partial charge on any atom is -0.496 e. The van der Waals surface area contributed by atoms with Gasteiger partial charge in [0.05, 0.1) is 18.7 Å². The van der Waals surface area contributed by atoms with Gasteiger partial charge in [-0.1, -0.05) is 18.2 Å². The topological polar surface area (TPSA) is 54.5 Å². The van der Waals surface area contributed by atoms with Crippen LogP contribution in [0.2, 0.25) is 0 Å². The van der Waals surface area contributed by atoms with Gasteiger partial charge >= 0.3 is 0 Å². The van der Waals surface area contributed by atoms with E-state index in [1.807, 2.05) is 48.2 Å². The largest absolute Gasteiger partial charge is 0.496 e. The Morgan fingerprint density at radius 2 is 2.13 bits per heavy atom. The number of carbonyl (C=O) groups is 1. The van der Waals surface area contributed by atoms with E-state index in [4.69, 9.17) is 4.74 Å². The van der Waals surface area contributed by atoms with E-state index in [1.165, 1.54) is 0 Å². The number of ether oxygens (including phenoxy) is 1. The first-order chi connectivity index (χ1) is 11.2. The average Bonchev–Trinajstić information content (AvgIpc) is 2.62. The molecule has 1 aromatic carbocycles. The van der Waals surface area contributed by atoms with Crippen LogP contribution in [0.3, 0.4) is 0 Å². The van der Waals surface area contributed by atoms with Crippen molar-refractivity contribution < 1.29 is 9.53 Å². The van der Waals surface area contributed by atoms with Gasteiger partial charge in [-0.25, -0.2) is 0 Å². The Balaban J connectivity index is 1.92. The summed E-state index contributed by atoms with van der Waals surface area (Å²) < 4.78 is 5.47. The molecule has 1 aliphatic rings. The number of nitrogens with one attached hydrogen (secondary N) is 1. The Hall–Kier alpha value is -2.40. The van der Waals surface area contributed by atoms with E-state index in [0.717, 1.165) is 23.6 Å². The second kappa shape index (κ2) is 6.79. The van der Waals surface area contributed by atoms with Gasteiger partial charge in [-0.05, 0) is 25.1 Å². The first-order valence-corrected chi connectivity index (χ1v) is 7.78. The van der Waals surface area contributed by atoms with Crippen LogP contribution in [0.5, 0.6) is 5.75 Å². The summed E-state index contributed by atoms with van der Waals surface area (Å²) in [6.07, 6.45) is 1.65. The molecule has 0 saturated carbocycles. The van der Waals surface area contributed by atoms with Crippen molar-refractivity contribution in [1.82, 2.24) is 15.2 Å². The van der Waals surface area contributed by atoms with Crippen molar-refractivity contribution in [2.24, 2.45) is 0 Å². The molecule has 1 amide bonds. The zero-order valence-corrected chi connectivity index (χ0v) is 13.5. The van der Waals surface area contributed by atoms with Crippen LogP contribution in [-0.4, -0.2) is 42.5 Å². The minimum absolute atomic E-state index is 0.00917. The van der Waals surface area contributed by atoms with Gasteiger partial charge in [0, 0.05) is 37.1 Å². The van der Waals surface area contributed by atoms with Crippen LogP contribution in [0.15, 0.2) is 42.6 Å². The standard InChI is InChI=1S/C18H21N3O2/c1-13-7-8-14(11-20-13)18(22)21-10-9-19-12-16(21)15-5-3-4-6-17(15)23-2/h3-8,11,16,19H,9-10,12H2,1-2H3. The second-order valence-corrected chi connectivity index (χ2v) is 5.65. The molecule has 1 aliphatic heterocycles. The molecule has 0 radical (unpaired) electrons. The number of carbonyl (C=O) groups excluding carboxylic acids is 1. The van der Waals surface area contributed by atoms with Crippen LogP contribution < -0.4 is 10.1 Å². The molecular weight excluding hydrogens is 290 g/mol. The Morgan fingerprint density at radius 1 is 1.30 bits per heavy atom. The molecule has 0 spiro atoms. The average molecular weight is 311 g/mol. The quantitative estimate of drug-likeness (QED) is 0.944. The zero-order valence-electron chi connectivity index (χ0n) is 13.5. The van der Waals surface area contributed by atoms with Crippen LogP contribution in [0.4, 0.5) is 0 Å². The van der Waals surface area contributed by atoms with Gasteiger partial charge in [-0.3, -0.25) is 9.78 Å². The molecule has 1 aromatic heterocycles. The molecule has 0 bridgehead atoms. The van der Waals surface area contributed by atoms with E-state index < -0.39 is 0 Å². The first-order valence-electron chi connectivity index (χ1n) is 7.78. The molecule has 1 fully saturated rings. The number of amides is 1. The number of methoxy groups -OCH3 is 1. The van der Waals surface area contributed by atoms with E-state index in [-0.39, 0.29) is 11.9 Å². The third-order valence-corrected chi connectivity index (χ3v) is 4.16. The van der Waals surface area contributed by atoms with Crippen LogP contribution in [-0.2, 0) is 0 Å². The molecule has 5 heteroatoms. The number of benzene rings is 1. The molecule has 120 valence electrons. The normalized spacial score (nSPS) is 17.8. The summed E-state index contributed by atoms with van der Waals surface area (Å²) in [6, 6.07) is 11.5. The summed E-state index contributed by atoms with van der Waals surface area (Å²) in [5.41, 5.74) is 2.55. The Morgan fingerprint density at radius 3 is 2.87 bits per heavy atom. The lowest BCUT2D eigenvalue weighted by atomic mass is 10.0. The predicted octanol–water partition coefficient (Wildman–Crippen LogP) is 2.19. The summed E-state index contributed by atoms with van der Waals surface area (Å²) in [5, 5.41) is 3.36. The molecule has 23 heavy (non-hydrogen) atoms. The monoisotopic (exact) mass is 311 g/mol. The van der Waals surface area contributed by atoms with Crippen LogP contribution in [0, 0.1) is 6.92 Å². The fourth-order valence-corrected chi connectivity index (χ4v) is 2.93. The summed E-state index contributed by atoms with van der Waals surface area (Å²) in [6.45, 7) is 4.08. The summed E-state index contributed by atoms with van der Waals surface area (Å²) in [5.74, 6) is 0.816. The number of hydrogen-bond acceptors (Lipinski definition) is 4. The van der Waals surface area contributed by atoms with Gasteiger partial charge < -0.3 is 15.0 Å². The van der Waals surface area contributed by atoms with E-state index in [2.05, 4.69) is 10.3 Å². The Kier molecular flexibility index (Phi) is 4.57. The number of hydrogen-bond donors (Lipinski definition) is 1. The highest BCUT2D eigenvalue weighted by Crippen LogP contribution is 2.31. The maximum absolute atomic E-state index is 12.9. The van der Waals surface area contributed by atoms with E-state index in [1.54, 1.807) is 13.3 Å². The molecule has 1 unspecified atom stereocenters. The third-order valence-electron chi connectivity index (χ3n) is 4.16.